The van der Waals surface area contributed by atoms with Crippen molar-refractivity contribution in [3.63, 3.8) is 0 Å². The third kappa shape index (κ3) is 4.45. The van der Waals surface area contributed by atoms with E-state index < -0.39 is 75.8 Å². The van der Waals surface area contributed by atoms with E-state index in [2.05, 4.69) is 4.98 Å². The van der Waals surface area contributed by atoms with Crippen molar-refractivity contribution in [3.8, 4) is 34.1 Å². The van der Waals surface area contributed by atoms with Gasteiger partial charge in [0.25, 0.3) is 5.91 Å². The van der Waals surface area contributed by atoms with Gasteiger partial charge in [0.1, 0.15) is 24.0 Å². The van der Waals surface area contributed by atoms with Crippen LogP contribution in [0, 0.1) is 0 Å². The number of phenols is 4. The third-order valence-corrected chi connectivity index (χ3v) is 5.26. The van der Waals surface area contributed by atoms with Gasteiger partial charge in [0, 0.05) is 18.3 Å². The highest BCUT2D eigenvalue weighted by Crippen LogP contribution is 2.36. The molecular weight excluding hydrogens is 496 g/mol. The van der Waals surface area contributed by atoms with Crippen LogP contribution in [0.15, 0.2) is 44.7 Å². The number of ether oxygens (including phenoxy) is 1. The maximum absolute atomic E-state index is 13.4. The molecule has 0 atom stereocenters. The molecule has 0 aliphatic heterocycles. The van der Waals surface area contributed by atoms with E-state index >= 15 is 0 Å². The average molecular weight is 512 g/mol. The highest BCUT2D eigenvalue weighted by atomic mass is 16.5. The maximum Gasteiger partial charge on any atom is 0.343 e. The van der Waals surface area contributed by atoms with Crippen molar-refractivity contribution in [3.05, 3.63) is 56.7 Å². The molecule has 0 unspecified atom stereocenters. The first-order valence-corrected chi connectivity index (χ1v) is 10.2. The topological polar surface area (TPSA) is 237 Å². The van der Waals surface area contributed by atoms with Gasteiger partial charge in [0.2, 0.25) is 5.43 Å². The molecule has 7 N–H and O–H groups in total. The van der Waals surface area contributed by atoms with Crippen LogP contribution in [0.4, 0.5) is 0 Å². The van der Waals surface area contributed by atoms with Crippen molar-refractivity contribution in [2.24, 2.45) is 0 Å². The van der Waals surface area contributed by atoms with Gasteiger partial charge in [-0.1, -0.05) is 0 Å². The van der Waals surface area contributed by atoms with Crippen molar-refractivity contribution in [2.45, 2.75) is 0 Å². The Morgan fingerprint density at radius 3 is 2.35 bits per heavy atom. The molecule has 14 nitrogen and oxygen atoms in total. The number of amides is 1. The molecular formula is C23H16N2O12. The van der Waals surface area contributed by atoms with Gasteiger partial charge in [0.15, 0.2) is 35.0 Å². The molecule has 14 heteroatoms. The number of carbonyl (C=O) groups excluding carboxylic acids is 2. The highest BCUT2D eigenvalue weighted by Gasteiger charge is 2.26. The number of phenolic OH excluding ortho intramolecular Hbond substituents is 4. The molecule has 0 spiro atoms. The molecule has 0 bridgehead atoms. The Hall–Kier alpha value is -5.53. The summed E-state index contributed by atoms with van der Waals surface area (Å²) in [7, 11) is 0. The monoisotopic (exact) mass is 512 g/mol. The lowest BCUT2D eigenvalue weighted by atomic mass is 10.0. The minimum absolute atomic E-state index is 0.0899. The lowest BCUT2D eigenvalue weighted by Gasteiger charge is -2.11. The Kier molecular flexibility index (Phi) is 6.15. The van der Waals surface area contributed by atoms with E-state index in [4.69, 9.17) is 14.3 Å². The van der Waals surface area contributed by atoms with Crippen molar-refractivity contribution in [2.75, 3.05) is 13.2 Å². The van der Waals surface area contributed by atoms with Gasteiger partial charge >= 0.3 is 11.9 Å². The second-order valence-electron chi connectivity index (χ2n) is 7.64. The number of aromatic hydroxyl groups is 4. The number of H-pyrrole nitrogens is 1. The quantitative estimate of drug-likeness (QED) is 0.138. The number of aromatic amines is 1. The van der Waals surface area contributed by atoms with E-state index in [0.717, 1.165) is 30.7 Å². The first-order valence-electron chi connectivity index (χ1n) is 10.2. The zero-order valence-electron chi connectivity index (χ0n) is 18.4. The van der Waals surface area contributed by atoms with Crippen molar-refractivity contribution < 1.29 is 49.1 Å². The second kappa shape index (κ2) is 9.26. The molecule has 2 aromatic carbocycles. The van der Waals surface area contributed by atoms with E-state index in [-0.39, 0.29) is 27.6 Å². The van der Waals surface area contributed by atoms with Crippen molar-refractivity contribution in [1.82, 2.24) is 10.3 Å². The summed E-state index contributed by atoms with van der Waals surface area (Å²) in [5.74, 6) is -6.78. The van der Waals surface area contributed by atoms with E-state index in [1.807, 2.05) is 5.32 Å². The number of rotatable bonds is 6. The summed E-state index contributed by atoms with van der Waals surface area (Å²) in [6.45, 7) is -1.73. The lowest BCUT2D eigenvalue weighted by molar-refractivity contribution is -0.138. The zero-order valence-corrected chi connectivity index (χ0v) is 18.4. The van der Waals surface area contributed by atoms with Crippen LogP contribution in [0.5, 0.6) is 23.0 Å². The summed E-state index contributed by atoms with van der Waals surface area (Å²) in [5.41, 5.74) is -3.47. The number of fused-ring (bicyclic) bond motifs is 2. The van der Waals surface area contributed by atoms with E-state index in [9.17, 15) is 44.4 Å². The number of carboxylic acid groups (broad SMARTS) is 1. The minimum Gasteiger partial charge on any atom is -0.504 e. The Bertz CT molecular complexity index is 1730. The van der Waals surface area contributed by atoms with E-state index in [1.54, 1.807) is 0 Å². The second-order valence-corrected chi connectivity index (χ2v) is 7.64. The van der Waals surface area contributed by atoms with Crippen LogP contribution in [0.3, 0.4) is 0 Å². The molecule has 0 aliphatic carbocycles. The van der Waals surface area contributed by atoms with Crippen LogP contribution < -0.4 is 16.2 Å². The van der Waals surface area contributed by atoms with Crippen LogP contribution in [-0.2, 0) is 14.3 Å². The number of nitrogens with one attached hydrogen (secondary N) is 2. The average Bonchev–Trinajstić information content (AvgIpc) is 2.84. The third-order valence-electron chi connectivity index (χ3n) is 5.26. The molecule has 0 saturated carbocycles. The normalized spacial score (nSPS) is 10.9. The first-order chi connectivity index (χ1) is 17.5. The van der Waals surface area contributed by atoms with Crippen molar-refractivity contribution in [1.29, 1.82) is 0 Å². The van der Waals surface area contributed by atoms with Crippen LogP contribution in [0.2, 0.25) is 0 Å². The van der Waals surface area contributed by atoms with Gasteiger partial charge in [-0.05, 0) is 6.07 Å². The summed E-state index contributed by atoms with van der Waals surface area (Å²) >= 11 is 0. The maximum atomic E-state index is 13.4. The summed E-state index contributed by atoms with van der Waals surface area (Å²) < 4.78 is 10.1. The molecule has 4 rings (SSSR count). The highest BCUT2D eigenvalue weighted by molar-refractivity contribution is 6.08. The molecule has 0 fully saturated rings. The van der Waals surface area contributed by atoms with Gasteiger partial charge in [-0.2, -0.15) is 0 Å². The summed E-state index contributed by atoms with van der Waals surface area (Å²) in [5, 5.41) is 49.6. The number of carbonyl (C=O) groups is 3. The fourth-order valence-corrected chi connectivity index (χ4v) is 3.52. The van der Waals surface area contributed by atoms with Crippen LogP contribution in [-0.4, -0.2) is 61.5 Å². The molecule has 2 aromatic heterocycles. The lowest BCUT2D eigenvalue weighted by Crippen LogP contribution is -2.33. The van der Waals surface area contributed by atoms with E-state index in [1.165, 1.54) is 0 Å². The fraction of sp³-hybridized carbons (Fsp3) is 0.0870. The molecule has 0 radical (unpaired) electrons. The SMILES string of the molecule is O=C(O)CNC(=O)COC(=O)c1c(O)c(O)cc2occ(-c3c[nH]c4cc(O)c(O)cc4c3=O)c(=O)c12. The molecule has 0 aliphatic rings. The van der Waals surface area contributed by atoms with Crippen molar-refractivity contribution >= 4 is 39.7 Å². The Morgan fingerprint density at radius 2 is 1.65 bits per heavy atom. The van der Waals surface area contributed by atoms with Crippen LogP contribution in [0.25, 0.3) is 33.0 Å². The number of benzene rings is 2. The Morgan fingerprint density at radius 1 is 0.946 bits per heavy atom. The standard InChI is InChI=1S/C23H16N2O12/c26-12-1-8-11(2-13(12)27)24-4-9(20(8)32)10-6-36-15-3-14(28)22(34)19(18(15)21(10)33)23(35)37-7-16(29)25-5-17(30)31/h1-4,6,26-28,34H,5,7H2,(H,24,32)(H,25,29)(H,30,31). The number of carboxylic acids is 1. The Labute approximate surface area is 203 Å². The Balaban J connectivity index is 1.84. The predicted octanol–water partition coefficient (Wildman–Crippen LogP) is 0.481. The predicted molar refractivity (Wildman–Crippen MR) is 124 cm³/mol. The number of hydrogen-bond acceptors (Lipinski definition) is 11. The molecule has 2 heterocycles. The van der Waals surface area contributed by atoms with Crippen LogP contribution >= 0.6 is 0 Å². The number of aromatic nitrogens is 1. The fourth-order valence-electron chi connectivity index (χ4n) is 3.52. The van der Waals surface area contributed by atoms with Gasteiger partial charge in [-0.25, -0.2) is 4.79 Å². The zero-order chi connectivity index (χ0) is 27.0. The van der Waals surface area contributed by atoms with E-state index in [0.29, 0.717) is 0 Å². The van der Waals surface area contributed by atoms with Gasteiger partial charge < -0.3 is 45.0 Å². The summed E-state index contributed by atoms with van der Waals surface area (Å²) in [6, 6.07) is 2.93. The summed E-state index contributed by atoms with van der Waals surface area (Å²) in [4.78, 5) is 64.0. The smallest absolute Gasteiger partial charge is 0.343 e. The molecule has 4 aromatic rings. The number of aliphatic carboxylic acids is 1. The number of hydrogen-bond donors (Lipinski definition) is 7. The number of pyridine rings is 1. The minimum atomic E-state index is -1.43. The first kappa shape index (κ1) is 24.6. The van der Waals surface area contributed by atoms with Gasteiger partial charge in [0.05, 0.1) is 27.4 Å². The molecule has 0 saturated heterocycles. The molecule has 190 valence electrons. The van der Waals surface area contributed by atoms with Gasteiger partial charge in [-0.3, -0.25) is 19.2 Å². The largest absolute Gasteiger partial charge is 0.504 e. The molecule has 1 amide bonds. The van der Waals surface area contributed by atoms with Crippen LogP contribution in [0.1, 0.15) is 10.4 Å². The number of esters is 1. The summed E-state index contributed by atoms with van der Waals surface area (Å²) in [6.07, 6.45) is 2.01. The van der Waals surface area contributed by atoms with Gasteiger partial charge in [-0.15, -0.1) is 0 Å². The molecule has 37 heavy (non-hydrogen) atoms.